The molecule has 1 N–H and O–H groups in total. The van der Waals surface area contributed by atoms with Crippen molar-refractivity contribution in [1.82, 2.24) is 14.7 Å². The largest absolute Gasteiger partial charge is 0.351 e. The van der Waals surface area contributed by atoms with Crippen LogP contribution in [0.4, 0.5) is 0 Å². The lowest BCUT2D eigenvalue weighted by atomic mass is 10.2. The fourth-order valence-corrected chi connectivity index (χ4v) is 2.11. The molecule has 0 atom stereocenters. The molecule has 0 radical (unpaired) electrons. The molecule has 0 aliphatic carbocycles. The van der Waals surface area contributed by atoms with E-state index in [1.54, 1.807) is 16.7 Å². The fraction of sp³-hybridized carbons (Fsp3) is 0.267. The van der Waals surface area contributed by atoms with Gasteiger partial charge in [-0.2, -0.15) is 5.26 Å². The Kier molecular flexibility index (Phi) is 4.96. The van der Waals surface area contributed by atoms with Gasteiger partial charge in [0, 0.05) is 12.7 Å². The highest BCUT2D eigenvalue weighted by atomic mass is 35.5. The number of rotatable bonds is 5. The predicted molar refractivity (Wildman–Crippen MR) is 81.7 cm³/mol. The number of nitrogens with zero attached hydrogens (tertiary/aromatic N) is 3. The molecule has 2 aromatic rings. The molecule has 108 valence electrons. The first-order chi connectivity index (χ1) is 10.2. The Morgan fingerprint density at radius 3 is 3.10 bits per heavy atom. The van der Waals surface area contributed by atoms with E-state index in [4.69, 9.17) is 16.9 Å². The number of nitrogens with one attached hydrogen (secondary N) is 1. The van der Waals surface area contributed by atoms with Gasteiger partial charge in [0.05, 0.1) is 5.69 Å². The second kappa shape index (κ2) is 6.91. The summed E-state index contributed by atoms with van der Waals surface area (Å²) in [4.78, 5) is 16.1. The molecule has 0 aliphatic heterocycles. The van der Waals surface area contributed by atoms with E-state index in [1.165, 1.54) is 6.08 Å². The van der Waals surface area contributed by atoms with Gasteiger partial charge in [-0.1, -0.05) is 31.0 Å². The molecule has 0 saturated heterocycles. The second-order valence-corrected chi connectivity index (χ2v) is 4.85. The van der Waals surface area contributed by atoms with E-state index < -0.39 is 5.91 Å². The maximum absolute atomic E-state index is 11.9. The number of hydrogen-bond donors (Lipinski definition) is 1. The van der Waals surface area contributed by atoms with E-state index in [2.05, 4.69) is 10.3 Å². The Morgan fingerprint density at radius 2 is 2.38 bits per heavy atom. The Hall–Kier alpha value is -2.32. The van der Waals surface area contributed by atoms with Crippen LogP contribution in [0.5, 0.6) is 0 Å². The first-order valence-electron chi connectivity index (χ1n) is 6.70. The molecule has 0 aliphatic rings. The summed E-state index contributed by atoms with van der Waals surface area (Å²) in [6.07, 6.45) is 5.10. The SMILES string of the molecule is CCCCNC(=O)C(C#N)=Cc1c(Cl)nc2ccccn12. The molecule has 0 unspecified atom stereocenters. The third kappa shape index (κ3) is 3.41. The van der Waals surface area contributed by atoms with Gasteiger partial charge in [-0.05, 0) is 24.6 Å². The molecule has 2 heterocycles. The number of hydrogen-bond acceptors (Lipinski definition) is 3. The smallest absolute Gasteiger partial charge is 0.262 e. The summed E-state index contributed by atoms with van der Waals surface area (Å²) in [7, 11) is 0. The predicted octanol–water partition coefficient (Wildman–Crippen LogP) is 2.81. The zero-order valence-electron chi connectivity index (χ0n) is 11.6. The molecule has 0 saturated carbocycles. The Morgan fingerprint density at radius 1 is 1.57 bits per heavy atom. The van der Waals surface area contributed by atoms with Crippen molar-refractivity contribution in [2.45, 2.75) is 19.8 Å². The van der Waals surface area contributed by atoms with Crippen LogP contribution < -0.4 is 5.32 Å². The number of fused-ring (bicyclic) bond motifs is 1. The lowest BCUT2D eigenvalue weighted by molar-refractivity contribution is -0.117. The molecular formula is C15H15ClN4O. The van der Waals surface area contributed by atoms with E-state index in [-0.39, 0.29) is 10.7 Å². The zero-order valence-corrected chi connectivity index (χ0v) is 12.4. The number of pyridine rings is 1. The van der Waals surface area contributed by atoms with Crippen LogP contribution >= 0.6 is 11.6 Å². The summed E-state index contributed by atoms with van der Waals surface area (Å²) in [6.45, 7) is 2.58. The van der Waals surface area contributed by atoms with Crippen LogP contribution in [-0.4, -0.2) is 21.8 Å². The molecule has 0 fully saturated rings. The van der Waals surface area contributed by atoms with Gasteiger partial charge < -0.3 is 5.32 Å². The summed E-state index contributed by atoms with van der Waals surface area (Å²) < 4.78 is 1.74. The van der Waals surface area contributed by atoms with Crippen LogP contribution in [0, 0.1) is 11.3 Å². The molecule has 0 aromatic carbocycles. The second-order valence-electron chi connectivity index (χ2n) is 4.50. The highest BCUT2D eigenvalue weighted by Crippen LogP contribution is 2.20. The minimum Gasteiger partial charge on any atom is -0.351 e. The van der Waals surface area contributed by atoms with Gasteiger partial charge in [0.2, 0.25) is 0 Å². The van der Waals surface area contributed by atoms with Gasteiger partial charge in [-0.15, -0.1) is 0 Å². The number of amides is 1. The van der Waals surface area contributed by atoms with Crippen molar-refractivity contribution in [3.05, 3.63) is 40.8 Å². The van der Waals surface area contributed by atoms with E-state index in [9.17, 15) is 4.79 Å². The Balaban J connectivity index is 2.32. The van der Waals surface area contributed by atoms with E-state index in [0.717, 1.165) is 12.8 Å². The minimum absolute atomic E-state index is 0.0126. The molecule has 6 heteroatoms. The molecule has 1 amide bonds. The number of imidazole rings is 1. The van der Waals surface area contributed by atoms with Gasteiger partial charge in [0.15, 0.2) is 5.15 Å². The van der Waals surface area contributed by atoms with Gasteiger partial charge in [-0.25, -0.2) is 4.98 Å². The topological polar surface area (TPSA) is 70.2 Å². The first-order valence-corrected chi connectivity index (χ1v) is 7.07. The van der Waals surface area contributed by atoms with Gasteiger partial charge in [-0.3, -0.25) is 9.20 Å². The normalized spacial score (nSPS) is 11.4. The van der Waals surface area contributed by atoms with Gasteiger partial charge in [0.25, 0.3) is 5.91 Å². The van der Waals surface area contributed by atoms with Crippen LogP contribution in [0.15, 0.2) is 30.0 Å². The molecule has 5 nitrogen and oxygen atoms in total. The van der Waals surface area contributed by atoms with Crippen LogP contribution in [0.25, 0.3) is 11.7 Å². The third-order valence-electron chi connectivity index (χ3n) is 2.98. The summed E-state index contributed by atoms with van der Waals surface area (Å²) >= 11 is 6.08. The minimum atomic E-state index is -0.395. The monoisotopic (exact) mass is 302 g/mol. The van der Waals surface area contributed by atoms with Crippen molar-refractivity contribution in [2.24, 2.45) is 0 Å². The Labute approximate surface area is 127 Å². The van der Waals surface area contributed by atoms with Gasteiger partial charge in [0.1, 0.15) is 17.3 Å². The van der Waals surface area contributed by atoms with Crippen molar-refractivity contribution in [3.63, 3.8) is 0 Å². The van der Waals surface area contributed by atoms with Crippen LogP contribution in [0.2, 0.25) is 5.15 Å². The standard InChI is InChI=1S/C15H15ClN4O/c1-2-3-7-18-15(21)11(10-17)9-12-14(16)19-13-6-4-5-8-20(12)13/h4-6,8-9H,2-3,7H2,1H3,(H,18,21). The lowest BCUT2D eigenvalue weighted by Crippen LogP contribution is -2.25. The molecule has 21 heavy (non-hydrogen) atoms. The van der Waals surface area contributed by atoms with Crippen molar-refractivity contribution in [2.75, 3.05) is 6.54 Å². The van der Waals surface area contributed by atoms with Crippen molar-refractivity contribution >= 4 is 29.2 Å². The average Bonchev–Trinajstić information content (AvgIpc) is 2.80. The molecule has 2 aromatic heterocycles. The highest BCUT2D eigenvalue weighted by molar-refractivity contribution is 6.31. The number of carbonyl (C=O) groups excluding carboxylic acids is 1. The van der Waals surface area contributed by atoms with Crippen molar-refractivity contribution < 1.29 is 4.79 Å². The van der Waals surface area contributed by atoms with Crippen LogP contribution in [-0.2, 0) is 4.79 Å². The highest BCUT2D eigenvalue weighted by Gasteiger charge is 2.13. The number of halogens is 1. The number of unbranched alkanes of at least 4 members (excludes halogenated alkanes) is 1. The lowest BCUT2D eigenvalue weighted by Gasteiger charge is -2.03. The van der Waals surface area contributed by atoms with E-state index >= 15 is 0 Å². The van der Waals surface area contributed by atoms with Gasteiger partial charge >= 0.3 is 0 Å². The third-order valence-corrected chi connectivity index (χ3v) is 3.26. The number of nitriles is 1. The summed E-state index contributed by atoms with van der Waals surface area (Å²) in [5.41, 5.74) is 1.20. The maximum atomic E-state index is 11.9. The summed E-state index contributed by atoms with van der Waals surface area (Å²) in [5.74, 6) is -0.395. The van der Waals surface area contributed by atoms with E-state index in [1.807, 2.05) is 25.1 Å². The fourth-order valence-electron chi connectivity index (χ4n) is 1.87. The molecule has 0 spiro atoms. The van der Waals surface area contributed by atoms with Crippen LogP contribution in [0.1, 0.15) is 25.5 Å². The number of aromatic nitrogens is 2. The molecule has 2 rings (SSSR count). The number of carbonyl (C=O) groups is 1. The summed E-state index contributed by atoms with van der Waals surface area (Å²) in [5, 5.41) is 12.1. The first kappa shape index (κ1) is 15.1. The zero-order chi connectivity index (χ0) is 15.2. The molecular weight excluding hydrogens is 288 g/mol. The van der Waals surface area contributed by atoms with Crippen molar-refractivity contribution in [1.29, 1.82) is 5.26 Å². The maximum Gasteiger partial charge on any atom is 0.262 e. The van der Waals surface area contributed by atoms with E-state index in [0.29, 0.717) is 17.9 Å². The van der Waals surface area contributed by atoms with Crippen molar-refractivity contribution in [3.8, 4) is 6.07 Å². The average molecular weight is 303 g/mol. The quantitative estimate of drug-likeness (QED) is 0.524. The molecule has 0 bridgehead atoms. The Bertz CT molecular complexity index is 727. The van der Waals surface area contributed by atoms with Crippen LogP contribution in [0.3, 0.4) is 0 Å². The summed E-state index contributed by atoms with van der Waals surface area (Å²) in [6, 6.07) is 7.38.